The van der Waals surface area contributed by atoms with Gasteiger partial charge in [-0.3, -0.25) is 4.68 Å². The Morgan fingerprint density at radius 2 is 2.22 bits per heavy atom. The molecule has 2 aromatic rings. The molecule has 2 atom stereocenters. The van der Waals surface area contributed by atoms with Crippen molar-refractivity contribution in [3.8, 4) is 0 Å². The van der Waals surface area contributed by atoms with Crippen LogP contribution in [0.2, 0.25) is 0 Å². The van der Waals surface area contributed by atoms with E-state index in [0.29, 0.717) is 6.04 Å². The van der Waals surface area contributed by atoms with Crippen LogP contribution in [0.1, 0.15) is 29.3 Å². The number of anilines is 1. The highest BCUT2D eigenvalue weighted by molar-refractivity contribution is 5.58. The molecule has 1 N–H and O–H groups in total. The molecule has 0 aliphatic carbocycles. The quantitative estimate of drug-likeness (QED) is 0.938. The monoisotopic (exact) mass is 312 g/mol. The topological polar surface area (TPSA) is 42.3 Å². The summed E-state index contributed by atoms with van der Waals surface area (Å²) < 4.78 is 7.85. The van der Waals surface area contributed by atoms with E-state index < -0.39 is 0 Å². The molecule has 122 valence electrons. The molecule has 1 aromatic heterocycles. The second-order valence-electron chi connectivity index (χ2n) is 6.58. The summed E-state index contributed by atoms with van der Waals surface area (Å²) in [6, 6.07) is 9.24. The van der Waals surface area contributed by atoms with Crippen LogP contribution < -0.4 is 10.2 Å². The smallest absolute Gasteiger partial charge is 0.114 e. The van der Waals surface area contributed by atoms with E-state index in [1.807, 2.05) is 17.9 Å². The number of rotatable bonds is 4. The van der Waals surface area contributed by atoms with Crippen molar-refractivity contribution in [2.75, 3.05) is 25.1 Å². The molecule has 0 saturated carbocycles. The summed E-state index contributed by atoms with van der Waals surface area (Å²) in [5.41, 5.74) is 5.36. The summed E-state index contributed by atoms with van der Waals surface area (Å²) in [5.74, 6) is 0. The molecular formula is C18H24N4O. The van der Waals surface area contributed by atoms with E-state index >= 15 is 0 Å². The zero-order valence-electron chi connectivity index (χ0n) is 13.8. The van der Waals surface area contributed by atoms with Crippen molar-refractivity contribution in [1.29, 1.82) is 0 Å². The fourth-order valence-electron chi connectivity index (χ4n) is 3.73. The normalized spacial score (nSPS) is 23.5. The molecule has 1 saturated heterocycles. The standard InChI is InChI=1S/C18H24N4O/c1-21-9-6-14-11-13(3-4-16(14)21)12-19-15-7-10-23-18(15)17-5-8-20-22(17)2/h3-5,8,11,15,18-19H,6-7,9-10,12H2,1-2H3/t15-,18-/m0/s1. The molecule has 23 heavy (non-hydrogen) atoms. The van der Waals surface area contributed by atoms with Gasteiger partial charge in [0, 0.05) is 51.7 Å². The van der Waals surface area contributed by atoms with Gasteiger partial charge in [-0.05, 0) is 36.1 Å². The van der Waals surface area contributed by atoms with E-state index in [1.54, 1.807) is 0 Å². The van der Waals surface area contributed by atoms with Gasteiger partial charge in [-0.15, -0.1) is 0 Å². The molecule has 1 fully saturated rings. The average Bonchev–Trinajstić information content (AvgIpc) is 3.26. The van der Waals surface area contributed by atoms with Crippen molar-refractivity contribution in [2.24, 2.45) is 7.05 Å². The Balaban J connectivity index is 1.44. The van der Waals surface area contributed by atoms with Gasteiger partial charge in [0.05, 0.1) is 5.69 Å². The molecule has 0 unspecified atom stereocenters. The zero-order chi connectivity index (χ0) is 15.8. The van der Waals surface area contributed by atoms with Gasteiger partial charge in [-0.2, -0.15) is 5.10 Å². The van der Waals surface area contributed by atoms with Gasteiger partial charge in [0.2, 0.25) is 0 Å². The zero-order valence-corrected chi connectivity index (χ0v) is 13.8. The van der Waals surface area contributed by atoms with Gasteiger partial charge in [-0.1, -0.05) is 12.1 Å². The first-order chi connectivity index (χ1) is 11.2. The minimum Gasteiger partial charge on any atom is -0.374 e. The van der Waals surface area contributed by atoms with Crippen molar-refractivity contribution in [2.45, 2.75) is 31.5 Å². The third kappa shape index (κ3) is 2.75. The molecule has 0 radical (unpaired) electrons. The van der Waals surface area contributed by atoms with Crippen LogP contribution in [0, 0.1) is 0 Å². The van der Waals surface area contributed by atoms with E-state index in [0.717, 1.165) is 38.2 Å². The molecule has 2 aliphatic rings. The van der Waals surface area contributed by atoms with E-state index in [9.17, 15) is 0 Å². The number of nitrogens with one attached hydrogen (secondary N) is 1. The summed E-state index contributed by atoms with van der Waals surface area (Å²) in [7, 11) is 4.14. The molecule has 3 heterocycles. The summed E-state index contributed by atoms with van der Waals surface area (Å²) in [5, 5.41) is 7.95. The SMILES string of the molecule is CN1CCc2cc(CN[C@H]3CCO[C@@H]3c3ccnn3C)ccc21. The molecule has 5 heteroatoms. The van der Waals surface area contributed by atoms with Crippen LogP contribution in [0.4, 0.5) is 5.69 Å². The number of hydrogen-bond donors (Lipinski definition) is 1. The third-order valence-corrected chi connectivity index (χ3v) is 5.08. The maximum Gasteiger partial charge on any atom is 0.114 e. The van der Waals surface area contributed by atoms with Gasteiger partial charge in [0.15, 0.2) is 0 Å². The highest BCUT2D eigenvalue weighted by atomic mass is 16.5. The van der Waals surface area contributed by atoms with Crippen LogP contribution in [0.5, 0.6) is 0 Å². The van der Waals surface area contributed by atoms with Crippen LogP contribution in [-0.2, 0) is 24.8 Å². The van der Waals surface area contributed by atoms with Crippen molar-refractivity contribution in [3.05, 3.63) is 47.3 Å². The molecule has 0 spiro atoms. The van der Waals surface area contributed by atoms with E-state index in [1.165, 1.54) is 16.8 Å². The number of nitrogens with zero attached hydrogens (tertiary/aromatic N) is 3. The van der Waals surface area contributed by atoms with Crippen molar-refractivity contribution < 1.29 is 4.74 Å². The molecule has 1 aromatic carbocycles. The Morgan fingerprint density at radius 3 is 3.04 bits per heavy atom. The summed E-state index contributed by atoms with van der Waals surface area (Å²) in [6.07, 6.45) is 4.14. The Morgan fingerprint density at radius 1 is 1.30 bits per heavy atom. The van der Waals surface area contributed by atoms with Crippen molar-refractivity contribution >= 4 is 5.69 Å². The Hall–Kier alpha value is -1.85. The highest BCUT2D eigenvalue weighted by Crippen LogP contribution is 2.30. The lowest BCUT2D eigenvalue weighted by molar-refractivity contribution is 0.0919. The molecule has 5 nitrogen and oxygen atoms in total. The first-order valence-corrected chi connectivity index (χ1v) is 8.38. The van der Waals surface area contributed by atoms with Gasteiger partial charge in [-0.25, -0.2) is 0 Å². The van der Waals surface area contributed by atoms with E-state index in [4.69, 9.17) is 4.74 Å². The Labute approximate surface area is 137 Å². The van der Waals surface area contributed by atoms with Crippen molar-refractivity contribution in [1.82, 2.24) is 15.1 Å². The first kappa shape index (κ1) is 14.7. The van der Waals surface area contributed by atoms with E-state index in [2.05, 4.69) is 46.6 Å². The lowest BCUT2D eigenvalue weighted by Gasteiger charge is -2.20. The number of aryl methyl sites for hydroxylation is 1. The number of ether oxygens (including phenoxy) is 1. The van der Waals surface area contributed by atoms with Crippen LogP contribution in [0.3, 0.4) is 0 Å². The summed E-state index contributed by atoms with van der Waals surface area (Å²) in [4.78, 5) is 2.33. The molecular weight excluding hydrogens is 288 g/mol. The second-order valence-corrected chi connectivity index (χ2v) is 6.58. The van der Waals surface area contributed by atoms with Gasteiger partial charge in [0.1, 0.15) is 6.10 Å². The molecule has 2 aliphatic heterocycles. The van der Waals surface area contributed by atoms with Gasteiger partial charge >= 0.3 is 0 Å². The largest absolute Gasteiger partial charge is 0.374 e. The minimum absolute atomic E-state index is 0.100. The maximum atomic E-state index is 5.94. The summed E-state index contributed by atoms with van der Waals surface area (Å²) >= 11 is 0. The minimum atomic E-state index is 0.100. The molecule has 0 amide bonds. The lowest BCUT2D eigenvalue weighted by atomic mass is 10.1. The van der Waals surface area contributed by atoms with Crippen LogP contribution in [0.25, 0.3) is 0 Å². The molecule has 4 rings (SSSR count). The average molecular weight is 312 g/mol. The van der Waals surface area contributed by atoms with Crippen LogP contribution >= 0.6 is 0 Å². The van der Waals surface area contributed by atoms with E-state index in [-0.39, 0.29) is 6.10 Å². The van der Waals surface area contributed by atoms with Crippen LogP contribution in [-0.4, -0.2) is 36.0 Å². The first-order valence-electron chi connectivity index (χ1n) is 8.38. The lowest BCUT2D eigenvalue weighted by Crippen LogP contribution is -2.32. The fraction of sp³-hybridized carbons (Fsp3) is 0.500. The molecule has 0 bridgehead atoms. The van der Waals surface area contributed by atoms with Crippen LogP contribution in [0.15, 0.2) is 30.5 Å². The third-order valence-electron chi connectivity index (χ3n) is 5.08. The predicted octanol–water partition coefficient (Wildman–Crippen LogP) is 2.03. The number of fused-ring (bicyclic) bond motifs is 1. The number of aromatic nitrogens is 2. The van der Waals surface area contributed by atoms with Gasteiger partial charge in [0.25, 0.3) is 0 Å². The van der Waals surface area contributed by atoms with Crippen molar-refractivity contribution in [3.63, 3.8) is 0 Å². The highest BCUT2D eigenvalue weighted by Gasteiger charge is 2.31. The number of benzene rings is 1. The van der Waals surface area contributed by atoms with Gasteiger partial charge < -0.3 is 15.0 Å². The summed E-state index contributed by atoms with van der Waals surface area (Å²) in [6.45, 7) is 2.83. The number of likely N-dealkylation sites (N-methyl/N-ethyl adjacent to an activating group) is 1. The maximum absolute atomic E-state index is 5.94. The second kappa shape index (κ2) is 5.98. The predicted molar refractivity (Wildman–Crippen MR) is 90.6 cm³/mol. The fourth-order valence-corrected chi connectivity index (χ4v) is 3.73. The number of hydrogen-bond acceptors (Lipinski definition) is 4. The Bertz CT molecular complexity index is 696. The Kier molecular flexibility index (Phi) is 3.83.